The van der Waals surface area contributed by atoms with E-state index in [-0.39, 0.29) is 5.56 Å². The quantitative estimate of drug-likeness (QED) is 0.643. The topological polar surface area (TPSA) is 64.6 Å². The Balaban J connectivity index is 2.07. The van der Waals surface area contributed by atoms with E-state index in [2.05, 4.69) is 5.32 Å². The zero-order valence-corrected chi connectivity index (χ0v) is 13.5. The molecule has 1 amide bonds. The van der Waals surface area contributed by atoms with Gasteiger partial charge in [-0.25, -0.2) is 8.78 Å². The molecule has 0 fully saturated rings. The highest BCUT2D eigenvalue weighted by Crippen LogP contribution is 2.28. The number of allylic oxidation sites excluding steroid dienone is 1. The van der Waals surface area contributed by atoms with Gasteiger partial charge < -0.3 is 14.8 Å². The maximum absolute atomic E-state index is 13.1. The van der Waals surface area contributed by atoms with Gasteiger partial charge in [0.15, 0.2) is 17.4 Å². The number of methoxy groups -OCH3 is 2. The van der Waals surface area contributed by atoms with Crippen LogP contribution in [0.15, 0.2) is 48.6 Å². The molecular weight excluding hydrogens is 332 g/mol. The fraction of sp³-hybridized carbons (Fsp3) is 0.111. The van der Waals surface area contributed by atoms with Crippen LogP contribution in [-0.2, 0) is 4.79 Å². The first-order valence-corrected chi connectivity index (χ1v) is 7.15. The van der Waals surface area contributed by atoms with Crippen molar-refractivity contribution in [2.45, 2.75) is 0 Å². The molecule has 0 atom stereocenters. The van der Waals surface area contributed by atoms with Crippen LogP contribution in [0.5, 0.6) is 11.5 Å². The van der Waals surface area contributed by atoms with E-state index in [1.165, 1.54) is 14.2 Å². The summed E-state index contributed by atoms with van der Waals surface area (Å²) in [5.41, 5.74) is 0.322. The van der Waals surface area contributed by atoms with Crippen LogP contribution < -0.4 is 14.8 Å². The summed E-state index contributed by atoms with van der Waals surface area (Å²) >= 11 is 0. The molecule has 7 heteroatoms. The number of benzene rings is 2. The Morgan fingerprint density at radius 1 is 0.960 bits per heavy atom. The fourth-order valence-corrected chi connectivity index (χ4v) is 1.97. The minimum atomic E-state index is -1.13. The van der Waals surface area contributed by atoms with Gasteiger partial charge in [0.2, 0.25) is 5.91 Å². The largest absolute Gasteiger partial charge is 0.497 e. The van der Waals surface area contributed by atoms with Crippen molar-refractivity contribution in [3.05, 3.63) is 65.7 Å². The summed E-state index contributed by atoms with van der Waals surface area (Å²) in [5, 5.41) is 2.55. The van der Waals surface area contributed by atoms with Gasteiger partial charge in [0.1, 0.15) is 11.5 Å². The first-order chi connectivity index (χ1) is 11.9. The molecule has 0 spiro atoms. The SMILES string of the molecule is COc1ccc(NC(=O)/C=C/C(=O)c2ccc(F)c(F)c2)c(OC)c1. The molecule has 0 unspecified atom stereocenters. The molecule has 2 aromatic carbocycles. The molecule has 0 radical (unpaired) electrons. The number of carbonyl (C=O) groups is 2. The molecule has 2 aromatic rings. The first kappa shape index (κ1) is 18.1. The number of hydrogen-bond donors (Lipinski definition) is 1. The molecule has 0 saturated heterocycles. The third kappa shape index (κ3) is 4.63. The summed E-state index contributed by atoms with van der Waals surface area (Å²) in [7, 11) is 2.94. The van der Waals surface area contributed by atoms with E-state index < -0.39 is 23.3 Å². The summed E-state index contributed by atoms with van der Waals surface area (Å²) in [6, 6.07) is 7.56. The number of ether oxygens (including phenoxy) is 2. The number of amides is 1. The van der Waals surface area contributed by atoms with E-state index in [0.717, 1.165) is 30.4 Å². The van der Waals surface area contributed by atoms with Gasteiger partial charge in [-0.2, -0.15) is 0 Å². The van der Waals surface area contributed by atoms with Gasteiger partial charge in [-0.1, -0.05) is 0 Å². The maximum atomic E-state index is 13.1. The Bertz CT molecular complexity index is 834. The Hall–Kier alpha value is -3.22. The highest BCUT2D eigenvalue weighted by Gasteiger charge is 2.09. The van der Waals surface area contributed by atoms with E-state index in [1.807, 2.05) is 0 Å². The van der Waals surface area contributed by atoms with Crippen molar-refractivity contribution < 1.29 is 27.8 Å². The minimum absolute atomic E-state index is 0.0648. The number of ketones is 1. The fourth-order valence-electron chi connectivity index (χ4n) is 1.97. The number of carbonyl (C=O) groups excluding carboxylic acids is 2. The lowest BCUT2D eigenvalue weighted by atomic mass is 10.1. The predicted octanol–water partition coefficient (Wildman–Crippen LogP) is 3.36. The molecule has 0 bridgehead atoms. The maximum Gasteiger partial charge on any atom is 0.248 e. The summed E-state index contributed by atoms with van der Waals surface area (Å²) in [5.74, 6) is -2.46. The van der Waals surface area contributed by atoms with Gasteiger partial charge in [-0.05, 0) is 36.4 Å². The molecule has 0 aromatic heterocycles. The number of anilines is 1. The van der Waals surface area contributed by atoms with Crippen LogP contribution in [0.1, 0.15) is 10.4 Å². The van der Waals surface area contributed by atoms with Crippen molar-refractivity contribution in [1.82, 2.24) is 0 Å². The van der Waals surface area contributed by atoms with Crippen LogP contribution in [0.3, 0.4) is 0 Å². The second-order valence-electron chi connectivity index (χ2n) is 4.88. The van der Waals surface area contributed by atoms with Crippen LogP contribution >= 0.6 is 0 Å². The molecule has 0 saturated carbocycles. The zero-order chi connectivity index (χ0) is 18.4. The average Bonchev–Trinajstić information content (AvgIpc) is 2.62. The molecule has 130 valence electrons. The smallest absolute Gasteiger partial charge is 0.248 e. The average molecular weight is 347 g/mol. The molecule has 1 N–H and O–H groups in total. The van der Waals surface area contributed by atoms with Crippen molar-refractivity contribution >= 4 is 17.4 Å². The normalized spacial score (nSPS) is 10.6. The predicted molar refractivity (Wildman–Crippen MR) is 88.0 cm³/mol. The van der Waals surface area contributed by atoms with Gasteiger partial charge in [0.25, 0.3) is 0 Å². The zero-order valence-electron chi connectivity index (χ0n) is 13.5. The monoisotopic (exact) mass is 347 g/mol. The first-order valence-electron chi connectivity index (χ1n) is 7.15. The van der Waals surface area contributed by atoms with Crippen molar-refractivity contribution in [2.24, 2.45) is 0 Å². The molecule has 2 rings (SSSR count). The molecular formula is C18H15F2NO4. The van der Waals surface area contributed by atoms with E-state index in [1.54, 1.807) is 18.2 Å². The third-order valence-corrected chi connectivity index (χ3v) is 3.26. The van der Waals surface area contributed by atoms with Crippen LogP contribution in [0.4, 0.5) is 14.5 Å². The van der Waals surface area contributed by atoms with E-state index in [9.17, 15) is 18.4 Å². The molecule has 5 nitrogen and oxygen atoms in total. The standard InChI is InChI=1S/C18H15F2NO4/c1-24-12-4-6-15(17(10-12)25-2)21-18(23)8-7-16(22)11-3-5-13(19)14(20)9-11/h3-10H,1-2H3,(H,21,23)/b8-7+. The van der Waals surface area contributed by atoms with Crippen LogP contribution in [0.25, 0.3) is 0 Å². The number of hydrogen-bond acceptors (Lipinski definition) is 4. The van der Waals surface area contributed by atoms with Crippen LogP contribution in [-0.4, -0.2) is 25.9 Å². The van der Waals surface area contributed by atoms with Crippen molar-refractivity contribution in [1.29, 1.82) is 0 Å². The Labute approximate surface area is 142 Å². The van der Waals surface area contributed by atoms with Crippen molar-refractivity contribution in [3.63, 3.8) is 0 Å². The molecule has 25 heavy (non-hydrogen) atoms. The van der Waals surface area contributed by atoms with E-state index in [0.29, 0.717) is 17.2 Å². The summed E-state index contributed by atoms with van der Waals surface area (Å²) < 4.78 is 36.2. The summed E-state index contributed by atoms with van der Waals surface area (Å²) in [6.07, 6.45) is 1.96. The van der Waals surface area contributed by atoms with Crippen LogP contribution in [0, 0.1) is 11.6 Å². The molecule has 0 aliphatic carbocycles. The van der Waals surface area contributed by atoms with Gasteiger partial charge in [0.05, 0.1) is 19.9 Å². The van der Waals surface area contributed by atoms with Gasteiger partial charge >= 0.3 is 0 Å². The molecule has 0 aliphatic heterocycles. The van der Waals surface area contributed by atoms with E-state index in [4.69, 9.17) is 9.47 Å². The molecule has 0 aliphatic rings. The van der Waals surface area contributed by atoms with Crippen molar-refractivity contribution in [3.8, 4) is 11.5 Å². The second kappa shape index (κ2) is 8.05. The van der Waals surface area contributed by atoms with E-state index >= 15 is 0 Å². The lowest BCUT2D eigenvalue weighted by Gasteiger charge is -2.10. The summed E-state index contributed by atoms with van der Waals surface area (Å²) in [4.78, 5) is 23.8. The second-order valence-corrected chi connectivity index (χ2v) is 4.88. The Kier molecular flexibility index (Phi) is 5.84. The van der Waals surface area contributed by atoms with Crippen molar-refractivity contribution in [2.75, 3.05) is 19.5 Å². The Morgan fingerprint density at radius 3 is 2.36 bits per heavy atom. The highest BCUT2D eigenvalue weighted by atomic mass is 19.2. The van der Waals surface area contributed by atoms with Gasteiger partial charge in [-0.15, -0.1) is 0 Å². The Morgan fingerprint density at radius 2 is 1.72 bits per heavy atom. The number of halogens is 2. The number of nitrogens with one attached hydrogen (secondary N) is 1. The third-order valence-electron chi connectivity index (χ3n) is 3.26. The van der Waals surface area contributed by atoms with Gasteiger partial charge in [-0.3, -0.25) is 9.59 Å². The molecule has 0 heterocycles. The minimum Gasteiger partial charge on any atom is -0.497 e. The van der Waals surface area contributed by atoms with Gasteiger partial charge in [0, 0.05) is 17.7 Å². The lowest BCUT2D eigenvalue weighted by Crippen LogP contribution is -2.10. The number of rotatable bonds is 6. The summed E-state index contributed by atoms with van der Waals surface area (Å²) in [6.45, 7) is 0. The highest BCUT2D eigenvalue weighted by molar-refractivity contribution is 6.10. The van der Waals surface area contributed by atoms with Crippen LogP contribution in [0.2, 0.25) is 0 Å². The lowest BCUT2D eigenvalue weighted by molar-refractivity contribution is -0.111.